The van der Waals surface area contributed by atoms with Crippen LogP contribution in [0.5, 0.6) is 0 Å². The first kappa shape index (κ1) is 14.9. The van der Waals surface area contributed by atoms with Crippen molar-refractivity contribution in [2.75, 3.05) is 19.7 Å². The summed E-state index contributed by atoms with van der Waals surface area (Å²) in [5.41, 5.74) is 0. The molecule has 1 unspecified atom stereocenters. The summed E-state index contributed by atoms with van der Waals surface area (Å²) in [6.07, 6.45) is 2.23. The van der Waals surface area contributed by atoms with E-state index in [-0.39, 0.29) is 12.2 Å². The van der Waals surface area contributed by atoms with Crippen molar-refractivity contribution in [3.8, 4) is 0 Å². The summed E-state index contributed by atoms with van der Waals surface area (Å²) in [6, 6.07) is 0. The Morgan fingerprint density at radius 2 is 1.87 bits per heavy atom. The maximum Gasteiger partial charge on any atom is 0.0897 e. The molecule has 15 heavy (non-hydrogen) atoms. The van der Waals surface area contributed by atoms with E-state index in [0.717, 1.165) is 12.5 Å². The van der Waals surface area contributed by atoms with Gasteiger partial charge >= 0.3 is 0 Å². The molecule has 0 aromatic rings. The van der Waals surface area contributed by atoms with E-state index in [2.05, 4.69) is 19.2 Å². The highest BCUT2D eigenvalue weighted by molar-refractivity contribution is 4.59. The van der Waals surface area contributed by atoms with Crippen molar-refractivity contribution in [3.63, 3.8) is 0 Å². The molecular weight excluding hydrogens is 190 g/mol. The average Bonchev–Trinajstić information content (AvgIpc) is 2.13. The van der Waals surface area contributed by atoms with E-state index in [1.54, 1.807) is 0 Å². The summed E-state index contributed by atoms with van der Waals surface area (Å²) in [7, 11) is 0. The first-order chi connectivity index (χ1) is 7.02. The van der Waals surface area contributed by atoms with Gasteiger partial charge in [-0.05, 0) is 39.2 Å². The third kappa shape index (κ3) is 11.8. The molecule has 3 nitrogen and oxygen atoms in total. The Balaban J connectivity index is 3.20. The predicted molar refractivity (Wildman–Crippen MR) is 64.0 cm³/mol. The van der Waals surface area contributed by atoms with Crippen LogP contribution in [0.15, 0.2) is 0 Å². The largest absolute Gasteiger partial charge is 0.389 e. The first-order valence-corrected chi connectivity index (χ1v) is 6.02. The van der Waals surface area contributed by atoms with Gasteiger partial charge in [0, 0.05) is 6.54 Å². The fourth-order valence-corrected chi connectivity index (χ4v) is 1.27. The van der Waals surface area contributed by atoms with Gasteiger partial charge < -0.3 is 15.2 Å². The monoisotopic (exact) mass is 217 g/mol. The van der Waals surface area contributed by atoms with Crippen LogP contribution in [-0.4, -0.2) is 37.0 Å². The Bertz CT molecular complexity index is 138. The summed E-state index contributed by atoms with van der Waals surface area (Å²) in [6.45, 7) is 10.4. The van der Waals surface area contributed by atoms with Crippen molar-refractivity contribution < 1.29 is 9.84 Å². The molecule has 0 aromatic carbocycles. The highest BCUT2D eigenvalue weighted by Crippen LogP contribution is 2.01. The molecule has 0 fully saturated rings. The number of ether oxygens (including phenoxy) is 1. The van der Waals surface area contributed by atoms with Gasteiger partial charge in [-0.1, -0.05) is 13.8 Å². The third-order valence-corrected chi connectivity index (χ3v) is 2.14. The van der Waals surface area contributed by atoms with Crippen molar-refractivity contribution >= 4 is 0 Å². The number of aliphatic hydroxyl groups is 1. The minimum Gasteiger partial charge on any atom is -0.389 e. The lowest BCUT2D eigenvalue weighted by molar-refractivity contribution is 0.00644. The van der Waals surface area contributed by atoms with Crippen LogP contribution >= 0.6 is 0 Å². The molecule has 0 aliphatic heterocycles. The van der Waals surface area contributed by atoms with E-state index in [0.29, 0.717) is 13.2 Å². The van der Waals surface area contributed by atoms with Gasteiger partial charge in [-0.2, -0.15) is 0 Å². The van der Waals surface area contributed by atoms with Crippen molar-refractivity contribution in [3.05, 3.63) is 0 Å². The summed E-state index contributed by atoms with van der Waals surface area (Å²) in [5, 5.41) is 12.8. The summed E-state index contributed by atoms with van der Waals surface area (Å²) in [4.78, 5) is 0. The zero-order valence-corrected chi connectivity index (χ0v) is 10.6. The minimum atomic E-state index is -0.383. The van der Waals surface area contributed by atoms with Gasteiger partial charge in [0.25, 0.3) is 0 Å². The second kappa shape index (κ2) is 9.13. The molecule has 0 bridgehead atoms. The van der Waals surface area contributed by atoms with Crippen LogP contribution in [0.3, 0.4) is 0 Å². The molecule has 0 aliphatic carbocycles. The smallest absolute Gasteiger partial charge is 0.0897 e. The number of aliphatic hydroxyl groups excluding tert-OH is 1. The maximum atomic E-state index is 9.52. The van der Waals surface area contributed by atoms with Gasteiger partial charge in [-0.15, -0.1) is 0 Å². The van der Waals surface area contributed by atoms with Gasteiger partial charge in [0.1, 0.15) is 0 Å². The Morgan fingerprint density at radius 3 is 2.40 bits per heavy atom. The molecule has 0 saturated carbocycles. The summed E-state index contributed by atoms with van der Waals surface area (Å²) in [5.74, 6) is 0.765. The van der Waals surface area contributed by atoms with Crippen LogP contribution < -0.4 is 5.32 Å². The molecule has 0 spiro atoms. The van der Waals surface area contributed by atoms with E-state index < -0.39 is 0 Å². The van der Waals surface area contributed by atoms with Gasteiger partial charge in [-0.25, -0.2) is 0 Å². The highest BCUT2D eigenvalue weighted by Gasteiger charge is 2.04. The molecule has 0 rings (SSSR count). The summed E-state index contributed by atoms with van der Waals surface area (Å²) < 4.78 is 5.31. The number of hydrogen-bond acceptors (Lipinski definition) is 3. The number of rotatable bonds is 9. The van der Waals surface area contributed by atoms with E-state index >= 15 is 0 Å². The van der Waals surface area contributed by atoms with Crippen LogP contribution in [0, 0.1) is 5.92 Å². The third-order valence-electron chi connectivity index (χ3n) is 2.14. The topological polar surface area (TPSA) is 41.5 Å². The second-order valence-corrected chi connectivity index (χ2v) is 4.78. The molecular formula is C12H27NO2. The zero-order valence-electron chi connectivity index (χ0n) is 10.6. The van der Waals surface area contributed by atoms with Gasteiger partial charge in [0.2, 0.25) is 0 Å². The summed E-state index contributed by atoms with van der Waals surface area (Å²) >= 11 is 0. The SMILES string of the molecule is CC(C)CCCNCC(O)COC(C)C. The van der Waals surface area contributed by atoms with Crippen molar-refractivity contribution in [2.45, 2.75) is 52.7 Å². The van der Waals surface area contributed by atoms with Crippen LogP contribution in [-0.2, 0) is 4.74 Å². The van der Waals surface area contributed by atoms with Crippen LogP contribution in [0.25, 0.3) is 0 Å². The van der Waals surface area contributed by atoms with E-state index in [4.69, 9.17) is 4.74 Å². The van der Waals surface area contributed by atoms with E-state index in [1.165, 1.54) is 12.8 Å². The van der Waals surface area contributed by atoms with Crippen molar-refractivity contribution in [2.24, 2.45) is 5.92 Å². The minimum absolute atomic E-state index is 0.195. The first-order valence-electron chi connectivity index (χ1n) is 6.02. The van der Waals surface area contributed by atoms with Gasteiger partial charge in [0.15, 0.2) is 0 Å². The van der Waals surface area contributed by atoms with Crippen LogP contribution in [0.1, 0.15) is 40.5 Å². The molecule has 0 aromatic heterocycles. The molecule has 0 aliphatic rings. The Morgan fingerprint density at radius 1 is 1.20 bits per heavy atom. The molecule has 3 heteroatoms. The number of nitrogens with one attached hydrogen (secondary N) is 1. The Labute approximate surface area is 94.2 Å². The van der Waals surface area contributed by atoms with E-state index in [9.17, 15) is 5.11 Å². The normalized spacial score (nSPS) is 13.8. The number of hydrogen-bond donors (Lipinski definition) is 2. The molecule has 92 valence electrons. The van der Waals surface area contributed by atoms with Crippen molar-refractivity contribution in [1.82, 2.24) is 5.32 Å². The van der Waals surface area contributed by atoms with Crippen LogP contribution in [0.4, 0.5) is 0 Å². The Kier molecular flexibility index (Phi) is 9.06. The van der Waals surface area contributed by atoms with Gasteiger partial charge in [0.05, 0.1) is 18.8 Å². The lowest BCUT2D eigenvalue weighted by atomic mass is 10.1. The fourth-order valence-electron chi connectivity index (χ4n) is 1.27. The maximum absolute atomic E-state index is 9.52. The second-order valence-electron chi connectivity index (χ2n) is 4.78. The van der Waals surface area contributed by atoms with Crippen molar-refractivity contribution in [1.29, 1.82) is 0 Å². The average molecular weight is 217 g/mol. The van der Waals surface area contributed by atoms with Crippen LogP contribution in [0.2, 0.25) is 0 Å². The highest BCUT2D eigenvalue weighted by atomic mass is 16.5. The van der Waals surface area contributed by atoms with E-state index in [1.807, 2.05) is 13.8 Å². The zero-order chi connectivity index (χ0) is 11.7. The molecule has 1 atom stereocenters. The standard InChI is InChI=1S/C12H27NO2/c1-10(2)6-5-7-13-8-12(14)9-15-11(3)4/h10-14H,5-9H2,1-4H3. The quantitative estimate of drug-likeness (QED) is 0.579. The molecule has 0 amide bonds. The fraction of sp³-hybridized carbons (Fsp3) is 1.00. The van der Waals surface area contributed by atoms with Gasteiger partial charge in [-0.3, -0.25) is 0 Å². The predicted octanol–water partition coefficient (Wildman–Crippen LogP) is 1.80. The molecule has 0 radical (unpaired) electrons. The lowest BCUT2D eigenvalue weighted by Gasteiger charge is -2.14. The molecule has 0 saturated heterocycles. The molecule has 2 N–H and O–H groups in total. The lowest BCUT2D eigenvalue weighted by Crippen LogP contribution is -2.31. The Hall–Kier alpha value is -0.120. The molecule has 0 heterocycles.